The van der Waals surface area contributed by atoms with Crippen molar-refractivity contribution in [1.29, 1.82) is 0 Å². The molecule has 5 atom stereocenters. The summed E-state index contributed by atoms with van der Waals surface area (Å²) < 4.78 is 68.4. The molecule has 2 saturated carbocycles. The summed E-state index contributed by atoms with van der Waals surface area (Å²) in [7, 11) is 0.116. The average Bonchev–Trinajstić information content (AvgIpc) is 3.23. The van der Waals surface area contributed by atoms with Gasteiger partial charge in [-0.2, -0.15) is 0 Å². The Morgan fingerprint density at radius 3 is 2.55 bits per heavy atom. The number of amides is 2. The molecule has 9 nitrogen and oxygen atoms in total. The first-order chi connectivity index (χ1) is 15.6. The number of nitrogens with one attached hydrogen (secondary N) is 3. The minimum absolute atomic E-state index is 0.185. The van der Waals surface area contributed by atoms with Gasteiger partial charge in [0.15, 0.2) is 0 Å². The van der Waals surface area contributed by atoms with Crippen LogP contribution in [0.1, 0.15) is 38.5 Å². The van der Waals surface area contributed by atoms with Gasteiger partial charge in [0.25, 0.3) is 6.43 Å². The van der Waals surface area contributed by atoms with Gasteiger partial charge in [-0.25, -0.2) is 42.0 Å². The number of sulfonamides is 1. The van der Waals surface area contributed by atoms with Crippen LogP contribution in [-0.2, 0) is 10.0 Å². The molecule has 14 heteroatoms. The van der Waals surface area contributed by atoms with Crippen LogP contribution in [0.4, 0.5) is 18.0 Å². The molecule has 0 aromatic rings. The fourth-order valence-electron chi connectivity index (χ4n) is 4.98. The van der Waals surface area contributed by atoms with E-state index in [4.69, 9.17) is 0 Å². The lowest BCUT2D eigenvalue weighted by atomic mass is 9.90. The molecule has 33 heavy (non-hydrogen) atoms. The number of rotatable bonds is 10. The SMILES string of the molecule is CN(C)CCCN1C(=O)N(C2NNC(C(F)F)S2)C2CC(S(=O)(=O)NC3(CF)CC3)CCC21. The number of halogens is 3. The van der Waals surface area contributed by atoms with E-state index in [0.29, 0.717) is 32.2 Å². The number of hydrogen-bond donors (Lipinski definition) is 3. The van der Waals surface area contributed by atoms with Gasteiger partial charge in [0.2, 0.25) is 10.0 Å². The van der Waals surface area contributed by atoms with Crippen molar-refractivity contribution in [2.24, 2.45) is 0 Å². The van der Waals surface area contributed by atoms with Gasteiger partial charge in [0, 0.05) is 6.54 Å². The maximum atomic E-state index is 13.4. The molecule has 4 aliphatic rings. The Labute approximate surface area is 197 Å². The summed E-state index contributed by atoms with van der Waals surface area (Å²) in [6.45, 7) is 0.565. The Hall–Kier alpha value is -0.800. The highest BCUT2D eigenvalue weighted by Gasteiger charge is 2.55. The first-order valence-electron chi connectivity index (χ1n) is 11.3. The van der Waals surface area contributed by atoms with Crippen LogP contribution >= 0.6 is 11.8 Å². The molecule has 2 aliphatic carbocycles. The number of carbonyl (C=O) groups excluding carboxylic acids is 1. The van der Waals surface area contributed by atoms with Gasteiger partial charge in [-0.1, -0.05) is 11.8 Å². The molecule has 2 saturated heterocycles. The second kappa shape index (κ2) is 9.69. The van der Waals surface area contributed by atoms with Crippen LogP contribution in [-0.4, -0.2) is 103 Å². The molecular formula is C19H33F3N6O3S2. The zero-order valence-corrected chi connectivity index (χ0v) is 20.5. The quantitative estimate of drug-likeness (QED) is 0.402. The van der Waals surface area contributed by atoms with Crippen molar-refractivity contribution in [3.8, 4) is 0 Å². The van der Waals surface area contributed by atoms with Crippen LogP contribution in [0.25, 0.3) is 0 Å². The number of alkyl halides is 3. The van der Waals surface area contributed by atoms with Gasteiger partial charge in [-0.3, -0.25) is 4.90 Å². The Bertz CT molecular complexity index is 832. The van der Waals surface area contributed by atoms with E-state index < -0.39 is 50.8 Å². The van der Waals surface area contributed by atoms with Crippen molar-refractivity contribution in [3.05, 3.63) is 0 Å². The molecule has 5 unspecified atom stereocenters. The molecule has 2 amide bonds. The molecule has 2 aliphatic heterocycles. The molecule has 0 spiro atoms. The summed E-state index contributed by atoms with van der Waals surface area (Å²) in [6.07, 6.45) is 0.151. The van der Waals surface area contributed by atoms with E-state index in [2.05, 4.69) is 15.6 Å². The van der Waals surface area contributed by atoms with Gasteiger partial charge in [0.1, 0.15) is 17.5 Å². The Kier molecular flexibility index (Phi) is 7.43. The van der Waals surface area contributed by atoms with Gasteiger partial charge in [-0.05, 0) is 59.2 Å². The van der Waals surface area contributed by atoms with Crippen LogP contribution in [0.15, 0.2) is 0 Å². The van der Waals surface area contributed by atoms with Crippen molar-refractivity contribution >= 4 is 27.8 Å². The maximum absolute atomic E-state index is 13.4. The number of urea groups is 1. The third kappa shape index (κ3) is 5.25. The first-order valence-corrected chi connectivity index (χ1v) is 13.8. The number of hydrogen-bond acceptors (Lipinski definition) is 7. The maximum Gasteiger partial charge on any atom is 0.322 e. The summed E-state index contributed by atoms with van der Waals surface area (Å²) in [6, 6.07) is -0.884. The highest BCUT2D eigenvalue weighted by atomic mass is 32.2. The third-order valence-electron chi connectivity index (χ3n) is 6.97. The zero-order valence-electron chi connectivity index (χ0n) is 18.8. The molecule has 4 rings (SSSR count). The summed E-state index contributed by atoms with van der Waals surface area (Å²) in [5.41, 5.74) is 3.62. The number of hydrazine groups is 1. The molecule has 2 heterocycles. The minimum atomic E-state index is -3.78. The largest absolute Gasteiger partial charge is 0.322 e. The van der Waals surface area contributed by atoms with Crippen molar-refractivity contribution in [2.45, 2.75) is 78.7 Å². The molecule has 190 valence electrons. The van der Waals surface area contributed by atoms with Crippen molar-refractivity contribution in [2.75, 3.05) is 33.9 Å². The van der Waals surface area contributed by atoms with Gasteiger partial charge in [-0.15, -0.1) is 0 Å². The lowest BCUT2D eigenvalue weighted by molar-refractivity contribution is 0.127. The zero-order chi connectivity index (χ0) is 24.0. The fourth-order valence-corrected chi connectivity index (χ4v) is 7.95. The second-order valence-corrected chi connectivity index (χ2v) is 12.9. The fraction of sp³-hybridized carbons (Fsp3) is 0.947. The van der Waals surface area contributed by atoms with E-state index in [1.54, 1.807) is 4.90 Å². The number of nitrogens with zero attached hydrogens (tertiary/aromatic N) is 3. The molecule has 0 aromatic carbocycles. The van der Waals surface area contributed by atoms with E-state index in [9.17, 15) is 26.4 Å². The predicted octanol–water partition coefficient (Wildman–Crippen LogP) is 1.10. The molecule has 3 N–H and O–H groups in total. The van der Waals surface area contributed by atoms with E-state index in [1.165, 1.54) is 4.90 Å². The van der Waals surface area contributed by atoms with Crippen LogP contribution in [0.3, 0.4) is 0 Å². The normalized spacial score (nSPS) is 33.9. The van der Waals surface area contributed by atoms with Crippen molar-refractivity contribution in [1.82, 2.24) is 30.3 Å². The summed E-state index contributed by atoms with van der Waals surface area (Å²) in [5, 5.41) is -1.92. The number of carbonyl (C=O) groups is 1. The van der Waals surface area contributed by atoms with E-state index in [-0.39, 0.29) is 18.5 Å². The molecule has 4 fully saturated rings. The monoisotopic (exact) mass is 514 g/mol. The Morgan fingerprint density at radius 2 is 1.97 bits per heavy atom. The van der Waals surface area contributed by atoms with Crippen molar-refractivity contribution in [3.63, 3.8) is 0 Å². The van der Waals surface area contributed by atoms with Crippen molar-refractivity contribution < 1.29 is 26.4 Å². The highest BCUT2D eigenvalue weighted by molar-refractivity contribution is 8.00. The van der Waals surface area contributed by atoms with Gasteiger partial charge in [0.05, 0.1) is 22.9 Å². The van der Waals surface area contributed by atoms with Crippen LogP contribution < -0.4 is 15.6 Å². The average molecular weight is 515 g/mol. The minimum Gasteiger partial charge on any atom is -0.319 e. The second-order valence-electron chi connectivity index (χ2n) is 9.70. The Morgan fingerprint density at radius 1 is 1.24 bits per heavy atom. The lowest BCUT2D eigenvalue weighted by Crippen LogP contribution is -2.54. The number of fused-ring (bicyclic) bond motifs is 1. The van der Waals surface area contributed by atoms with Gasteiger partial charge < -0.3 is 9.80 Å². The van der Waals surface area contributed by atoms with E-state index in [0.717, 1.165) is 24.7 Å². The lowest BCUT2D eigenvalue weighted by Gasteiger charge is -2.37. The summed E-state index contributed by atoms with van der Waals surface area (Å²) in [4.78, 5) is 18.7. The van der Waals surface area contributed by atoms with Crippen LogP contribution in [0.2, 0.25) is 0 Å². The smallest absolute Gasteiger partial charge is 0.319 e. The third-order valence-corrected chi connectivity index (χ3v) is 10.2. The molecule has 0 aromatic heterocycles. The summed E-state index contributed by atoms with van der Waals surface area (Å²) in [5.74, 6) is 0. The van der Waals surface area contributed by atoms with E-state index in [1.807, 2.05) is 19.0 Å². The highest BCUT2D eigenvalue weighted by Crippen LogP contribution is 2.42. The number of thioether (sulfide) groups is 1. The molecular weight excluding hydrogens is 481 g/mol. The van der Waals surface area contributed by atoms with Crippen LogP contribution in [0, 0.1) is 0 Å². The van der Waals surface area contributed by atoms with Gasteiger partial charge >= 0.3 is 6.03 Å². The molecule has 0 radical (unpaired) electrons. The summed E-state index contributed by atoms with van der Waals surface area (Å²) >= 11 is 0.922. The topological polar surface area (TPSA) is 97.0 Å². The predicted molar refractivity (Wildman–Crippen MR) is 120 cm³/mol. The Balaban J connectivity index is 1.52. The van der Waals surface area contributed by atoms with E-state index >= 15 is 0 Å². The van der Waals surface area contributed by atoms with Crippen LogP contribution in [0.5, 0.6) is 0 Å². The standard InChI is InChI=1S/C19H33F3N6O3S2/c1-26(2)8-3-9-27-13-5-4-12(33(30,31)25-19(11-20)6-7-19)10-14(13)28(18(27)29)17-24-23-16(32-17)15(21)22/h12-17,23-25H,3-11H2,1-2H3. The first kappa shape index (κ1) is 25.3. The molecule has 0 bridgehead atoms.